The minimum Gasteiger partial charge on any atom is -0.473 e. The largest absolute Gasteiger partial charge is 0.473 e. The van der Waals surface area contributed by atoms with Gasteiger partial charge in [0.25, 0.3) is 0 Å². The lowest BCUT2D eigenvalue weighted by Gasteiger charge is -2.11. The number of aromatic nitrogens is 2. The lowest BCUT2D eigenvalue weighted by molar-refractivity contribution is 0.102. The molecule has 0 fully saturated rings. The first-order valence-corrected chi connectivity index (χ1v) is 5.63. The summed E-state index contributed by atoms with van der Waals surface area (Å²) >= 11 is 1.04. The number of hydrogen-bond donors (Lipinski definition) is 3. The average Bonchev–Trinajstić information content (AvgIpc) is 2.78. The Bertz CT molecular complexity index is 321. The van der Waals surface area contributed by atoms with E-state index < -0.39 is 12.2 Å². The van der Waals surface area contributed by atoms with Gasteiger partial charge in [-0.15, -0.1) is 4.37 Å². The number of hydrogen-bond acceptors (Lipinski definition) is 8. The van der Waals surface area contributed by atoms with Crippen LogP contribution in [-0.2, 0) is 4.74 Å². The Morgan fingerprint density at radius 1 is 1.71 bits per heavy atom. The van der Waals surface area contributed by atoms with Gasteiger partial charge in [0.1, 0.15) is 25.5 Å². The molecule has 4 N–H and O–H groups in total. The van der Waals surface area contributed by atoms with Crippen molar-refractivity contribution in [3.63, 3.8) is 0 Å². The molecule has 1 atom stereocenters. The van der Waals surface area contributed by atoms with Crippen molar-refractivity contribution >= 4 is 17.8 Å². The smallest absolute Gasteiger partial charge is 0.404 e. The summed E-state index contributed by atoms with van der Waals surface area (Å²) in [5.74, 6) is 0.395. The summed E-state index contributed by atoms with van der Waals surface area (Å²) in [6.45, 7) is 1.02. The molecule has 0 spiro atoms. The van der Waals surface area contributed by atoms with Gasteiger partial charge in [-0.1, -0.05) is 0 Å². The molecule has 0 aliphatic carbocycles. The van der Waals surface area contributed by atoms with E-state index in [1.807, 2.05) is 0 Å². The Hall–Kier alpha value is -1.45. The van der Waals surface area contributed by atoms with Crippen LogP contribution in [0.15, 0.2) is 6.20 Å². The molecule has 9 heteroatoms. The van der Waals surface area contributed by atoms with Crippen molar-refractivity contribution in [2.24, 2.45) is 5.73 Å². The molecular formula is C8H14N4O4S. The van der Waals surface area contributed by atoms with E-state index in [1.54, 1.807) is 0 Å². The number of aliphatic hydroxyl groups excluding tert-OH is 1. The van der Waals surface area contributed by atoms with Gasteiger partial charge >= 0.3 is 6.09 Å². The average molecular weight is 262 g/mol. The second kappa shape index (κ2) is 7.76. The Labute approximate surface area is 102 Å². The first-order chi connectivity index (χ1) is 8.18. The highest BCUT2D eigenvalue weighted by Gasteiger charge is 2.06. The van der Waals surface area contributed by atoms with Crippen molar-refractivity contribution in [1.82, 2.24) is 14.1 Å². The fourth-order valence-corrected chi connectivity index (χ4v) is 1.32. The molecule has 0 bridgehead atoms. The van der Waals surface area contributed by atoms with Gasteiger partial charge < -0.3 is 25.6 Å². The summed E-state index contributed by atoms with van der Waals surface area (Å²) < 4.78 is 17.2. The van der Waals surface area contributed by atoms with Gasteiger partial charge in [0.15, 0.2) is 0 Å². The molecule has 1 rings (SSSR count). The van der Waals surface area contributed by atoms with Crippen LogP contribution in [0.3, 0.4) is 0 Å². The Morgan fingerprint density at radius 3 is 3.18 bits per heavy atom. The number of nitrogens with one attached hydrogen (secondary N) is 1. The standard InChI is InChI=1S/C8H14N4O4S/c9-8(14)15-2-1-10-3-6(13)5-16-7-4-11-17-12-7/h4,6,10,13H,1-3,5H2,(H2,9,14). The minimum absolute atomic E-state index is 0.120. The highest BCUT2D eigenvalue weighted by Crippen LogP contribution is 2.04. The van der Waals surface area contributed by atoms with Crippen molar-refractivity contribution < 1.29 is 19.4 Å². The van der Waals surface area contributed by atoms with Gasteiger partial charge in [-0.05, 0) is 0 Å². The quantitative estimate of drug-likeness (QED) is 0.512. The minimum atomic E-state index is -0.813. The van der Waals surface area contributed by atoms with Crippen molar-refractivity contribution in [3.05, 3.63) is 6.20 Å². The first kappa shape index (κ1) is 13.6. The van der Waals surface area contributed by atoms with Gasteiger partial charge in [0.05, 0.1) is 11.7 Å². The van der Waals surface area contributed by atoms with Crippen LogP contribution < -0.4 is 15.8 Å². The van der Waals surface area contributed by atoms with Gasteiger partial charge in [-0.2, -0.15) is 4.37 Å². The zero-order chi connectivity index (χ0) is 12.5. The highest BCUT2D eigenvalue weighted by atomic mass is 32.1. The van der Waals surface area contributed by atoms with Crippen molar-refractivity contribution in [1.29, 1.82) is 0 Å². The number of primary amides is 1. The van der Waals surface area contributed by atoms with E-state index in [4.69, 9.17) is 10.5 Å². The van der Waals surface area contributed by atoms with Crippen LogP contribution in [0.4, 0.5) is 4.79 Å². The zero-order valence-electron chi connectivity index (χ0n) is 9.04. The fourth-order valence-electron chi connectivity index (χ4n) is 0.953. The van der Waals surface area contributed by atoms with Gasteiger partial charge in [-0.3, -0.25) is 0 Å². The van der Waals surface area contributed by atoms with Crippen LogP contribution >= 0.6 is 11.7 Å². The van der Waals surface area contributed by atoms with Crippen LogP contribution in [0.1, 0.15) is 0 Å². The molecule has 1 heterocycles. The summed E-state index contributed by atoms with van der Waals surface area (Å²) in [6, 6.07) is 0. The molecule has 1 amide bonds. The van der Waals surface area contributed by atoms with Crippen LogP contribution in [0, 0.1) is 0 Å². The molecule has 0 aromatic carbocycles. The summed E-state index contributed by atoms with van der Waals surface area (Å²) in [7, 11) is 0. The third-order valence-corrected chi connectivity index (χ3v) is 2.13. The lowest BCUT2D eigenvalue weighted by atomic mass is 10.4. The van der Waals surface area contributed by atoms with E-state index >= 15 is 0 Å². The Kier molecular flexibility index (Phi) is 6.22. The predicted molar refractivity (Wildman–Crippen MR) is 59.8 cm³/mol. The maximum atomic E-state index is 10.2. The number of ether oxygens (including phenoxy) is 2. The number of carbonyl (C=O) groups is 1. The zero-order valence-corrected chi connectivity index (χ0v) is 9.85. The van der Waals surface area contributed by atoms with Crippen LogP contribution in [-0.4, -0.2) is 52.4 Å². The monoisotopic (exact) mass is 262 g/mol. The van der Waals surface area contributed by atoms with E-state index in [1.165, 1.54) is 6.20 Å². The lowest BCUT2D eigenvalue weighted by Crippen LogP contribution is -2.34. The summed E-state index contributed by atoms with van der Waals surface area (Å²) in [5, 5.41) is 12.4. The molecule has 0 radical (unpaired) electrons. The number of nitrogens with two attached hydrogens (primary N) is 1. The molecule has 1 unspecified atom stereocenters. The molecule has 96 valence electrons. The van der Waals surface area contributed by atoms with Gasteiger partial charge in [-0.25, -0.2) is 4.79 Å². The van der Waals surface area contributed by atoms with E-state index in [9.17, 15) is 9.90 Å². The summed E-state index contributed by atoms with van der Waals surface area (Å²) in [6.07, 6.45) is -0.0112. The summed E-state index contributed by atoms with van der Waals surface area (Å²) in [4.78, 5) is 10.2. The topological polar surface area (TPSA) is 120 Å². The molecule has 1 aromatic heterocycles. The van der Waals surface area contributed by atoms with Crippen LogP contribution in [0.2, 0.25) is 0 Å². The second-order valence-corrected chi connectivity index (χ2v) is 3.64. The Balaban J connectivity index is 1.97. The second-order valence-electron chi connectivity index (χ2n) is 3.08. The van der Waals surface area contributed by atoms with Gasteiger partial charge in [0, 0.05) is 13.1 Å². The molecule has 8 nitrogen and oxygen atoms in total. The number of aliphatic hydroxyl groups is 1. The molecule has 0 aliphatic rings. The third kappa shape index (κ3) is 6.66. The van der Waals surface area contributed by atoms with Crippen molar-refractivity contribution in [2.75, 3.05) is 26.3 Å². The molecule has 0 aliphatic heterocycles. The van der Waals surface area contributed by atoms with E-state index in [0.29, 0.717) is 19.0 Å². The number of carbonyl (C=O) groups excluding carboxylic acids is 1. The highest BCUT2D eigenvalue weighted by molar-refractivity contribution is 6.99. The first-order valence-electron chi connectivity index (χ1n) is 4.90. The molecular weight excluding hydrogens is 248 g/mol. The summed E-state index contributed by atoms with van der Waals surface area (Å²) in [5.41, 5.74) is 4.77. The maximum absolute atomic E-state index is 10.2. The molecule has 17 heavy (non-hydrogen) atoms. The van der Waals surface area contributed by atoms with E-state index in [2.05, 4.69) is 18.8 Å². The number of rotatable bonds is 8. The van der Waals surface area contributed by atoms with E-state index in [0.717, 1.165) is 11.7 Å². The number of nitrogens with zero attached hydrogens (tertiary/aromatic N) is 2. The van der Waals surface area contributed by atoms with Crippen molar-refractivity contribution in [3.8, 4) is 5.88 Å². The third-order valence-electron chi connectivity index (χ3n) is 1.67. The van der Waals surface area contributed by atoms with Crippen molar-refractivity contribution in [2.45, 2.75) is 6.10 Å². The molecule has 1 aromatic rings. The Morgan fingerprint density at radius 2 is 2.53 bits per heavy atom. The van der Waals surface area contributed by atoms with Crippen LogP contribution in [0.25, 0.3) is 0 Å². The normalized spacial score (nSPS) is 12.1. The molecule has 0 saturated heterocycles. The van der Waals surface area contributed by atoms with E-state index in [-0.39, 0.29) is 13.2 Å². The van der Waals surface area contributed by atoms with Gasteiger partial charge in [0.2, 0.25) is 5.88 Å². The maximum Gasteiger partial charge on any atom is 0.404 e. The van der Waals surface area contributed by atoms with Crippen LogP contribution in [0.5, 0.6) is 5.88 Å². The predicted octanol–water partition coefficient (Wildman–Crippen LogP) is -1.04. The fraction of sp³-hybridized carbons (Fsp3) is 0.625. The SMILES string of the molecule is NC(=O)OCCNCC(O)COc1cnsn1. The molecule has 0 saturated carbocycles. The number of amides is 1.